The SMILES string of the molecule is C=CCc1ccccc1OC(C=C)OP(=O)(OC(C=C)Oc1ccccc1CC=C)OC(C=C)Oc1ccccc1CC=C. The van der Waals surface area contributed by atoms with E-state index in [9.17, 15) is 4.57 Å². The molecule has 0 amide bonds. The normalized spacial score (nSPS) is 14.1. The Hall–Kier alpha value is -4.39. The van der Waals surface area contributed by atoms with E-state index in [0.717, 1.165) is 16.7 Å². The average molecular weight is 615 g/mol. The molecule has 0 fully saturated rings. The molecule has 0 saturated carbocycles. The van der Waals surface area contributed by atoms with E-state index in [0.29, 0.717) is 36.5 Å². The molecule has 44 heavy (non-hydrogen) atoms. The van der Waals surface area contributed by atoms with Crippen LogP contribution in [0.3, 0.4) is 0 Å². The number of ether oxygens (including phenoxy) is 3. The number of phosphoric acid groups is 1. The van der Waals surface area contributed by atoms with Gasteiger partial charge >= 0.3 is 7.82 Å². The van der Waals surface area contributed by atoms with Crippen LogP contribution >= 0.6 is 7.82 Å². The van der Waals surface area contributed by atoms with Gasteiger partial charge in [-0.1, -0.05) is 92.6 Å². The third-order valence-electron chi connectivity index (χ3n) is 6.02. The van der Waals surface area contributed by atoms with Crippen LogP contribution in [0.5, 0.6) is 17.2 Å². The fourth-order valence-corrected chi connectivity index (χ4v) is 5.30. The number of hydrogen-bond acceptors (Lipinski definition) is 7. The van der Waals surface area contributed by atoms with Crippen molar-refractivity contribution in [2.45, 2.75) is 38.1 Å². The lowest BCUT2D eigenvalue weighted by Crippen LogP contribution is -2.26. The van der Waals surface area contributed by atoms with Gasteiger partial charge in [0.2, 0.25) is 18.9 Å². The molecule has 0 aliphatic heterocycles. The standard InChI is InChI=1S/C36H39O7P/c1-7-19-28-22-13-16-25-31(28)38-34(10-4)41-44(37,42-35(11-5)39-32-26-17-14-23-29(32)20-8-2)43-36(12-6)40-33-27-18-15-24-30(33)21-9-3/h7-18,22-27,34-36H,1-6,19-21H2. The lowest BCUT2D eigenvalue weighted by molar-refractivity contribution is -0.0664. The summed E-state index contributed by atoms with van der Waals surface area (Å²) in [5.41, 5.74) is 2.52. The lowest BCUT2D eigenvalue weighted by atomic mass is 10.1. The Morgan fingerprint density at radius 2 is 0.773 bits per heavy atom. The monoisotopic (exact) mass is 614 g/mol. The van der Waals surface area contributed by atoms with Crippen LogP contribution in [0.2, 0.25) is 0 Å². The topological polar surface area (TPSA) is 72.5 Å². The summed E-state index contributed by atoms with van der Waals surface area (Å²) in [6.45, 7) is 22.8. The van der Waals surface area contributed by atoms with E-state index in [-0.39, 0.29) is 0 Å². The second kappa shape index (κ2) is 17.7. The molecule has 0 aliphatic carbocycles. The smallest absolute Gasteiger partial charge is 0.460 e. The fraction of sp³-hybridized carbons (Fsp3) is 0.167. The molecule has 0 heterocycles. The van der Waals surface area contributed by atoms with Gasteiger partial charge in [0.1, 0.15) is 17.2 Å². The second-order valence-corrected chi connectivity index (χ2v) is 10.8. The van der Waals surface area contributed by atoms with Crippen molar-refractivity contribution in [3.05, 3.63) is 165 Å². The van der Waals surface area contributed by atoms with Gasteiger partial charge in [-0.05, 0) is 72.4 Å². The molecule has 0 aromatic heterocycles. The van der Waals surface area contributed by atoms with Crippen molar-refractivity contribution in [2.75, 3.05) is 0 Å². The molecule has 0 N–H and O–H groups in total. The van der Waals surface area contributed by atoms with Crippen molar-refractivity contribution >= 4 is 7.82 Å². The highest BCUT2D eigenvalue weighted by Gasteiger charge is 2.38. The highest BCUT2D eigenvalue weighted by atomic mass is 31.2. The van der Waals surface area contributed by atoms with Crippen LogP contribution in [0, 0.1) is 0 Å². The third-order valence-corrected chi connectivity index (χ3v) is 7.41. The van der Waals surface area contributed by atoms with Crippen LogP contribution < -0.4 is 14.2 Å². The van der Waals surface area contributed by atoms with Crippen LogP contribution in [0.4, 0.5) is 0 Å². The van der Waals surface area contributed by atoms with Crippen LogP contribution in [0.25, 0.3) is 0 Å². The molecule has 0 bridgehead atoms. The molecule has 0 aliphatic rings. The molecular formula is C36H39O7P. The van der Waals surface area contributed by atoms with Gasteiger partial charge in [-0.25, -0.2) is 18.1 Å². The molecule has 0 radical (unpaired) electrons. The summed E-state index contributed by atoms with van der Waals surface area (Å²) in [6, 6.07) is 21.9. The highest BCUT2D eigenvalue weighted by Crippen LogP contribution is 2.54. The van der Waals surface area contributed by atoms with E-state index in [1.54, 1.807) is 54.6 Å². The van der Waals surface area contributed by atoms with Gasteiger partial charge < -0.3 is 14.2 Å². The fourth-order valence-electron chi connectivity index (χ4n) is 4.00. The van der Waals surface area contributed by atoms with Gasteiger partial charge in [0.25, 0.3) is 0 Å². The molecule has 8 heteroatoms. The Morgan fingerprint density at radius 3 is 1.02 bits per heavy atom. The molecule has 3 unspecified atom stereocenters. The Morgan fingerprint density at radius 1 is 0.500 bits per heavy atom. The zero-order valence-corrected chi connectivity index (χ0v) is 25.7. The van der Waals surface area contributed by atoms with Crippen molar-refractivity contribution in [2.24, 2.45) is 0 Å². The van der Waals surface area contributed by atoms with Gasteiger partial charge in [0.15, 0.2) is 0 Å². The molecule has 230 valence electrons. The van der Waals surface area contributed by atoms with Crippen molar-refractivity contribution in [1.29, 1.82) is 0 Å². The molecular weight excluding hydrogens is 575 g/mol. The van der Waals surface area contributed by atoms with Crippen LogP contribution in [0.15, 0.2) is 149 Å². The molecule has 0 spiro atoms. The largest absolute Gasteiger partial charge is 0.485 e. The third kappa shape index (κ3) is 10.1. The van der Waals surface area contributed by atoms with E-state index < -0.39 is 26.7 Å². The van der Waals surface area contributed by atoms with Gasteiger partial charge in [-0.3, -0.25) is 0 Å². The average Bonchev–Trinajstić information content (AvgIpc) is 3.03. The highest BCUT2D eigenvalue weighted by molar-refractivity contribution is 7.48. The van der Waals surface area contributed by atoms with Crippen LogP contribution in [-0.2, 0) is 37.4 Å². The minimum Gasteiger partial charge on any atom is -0.460 e. The zero-order chi connectivity index (χ0) is 31.8. The summed E-state index contributed by atoms with van der Waals surface area (Å²) in [5.74, 6) is 1.44. The Kier molecular flexibility index (Phi) is 13.7. The maximum absolute atomic E-state index is 14.4. The van der Waals surface area contributed by atoms with Crippen LogP contribution in [0.1, 0.15) is 16.7 Å². The van der Waals surface area contributed by atoms with Gasteiger partial charge in [-0.15, -0.1) is 19.7 Å². The molecule has 3 rings (SSSR count). The molecule has 3 atom stereocenters. The minimum absolute atomic E-state index is 0.480. The van der Waals surface area contributed by atoms with E-state index in [1.165, 1.54) is 18.2 Å². The Labute approximate surface area is 260 Å². The number of phosphoric ester groups is 1. The van der Waals surface area contributed by atoms with Crippen LogP contribution in [-0.4, -0.2) is 18.9 Å². The summed E-state index contributed by atoms with van der Waals surface area (Å²) in [4.78, 5) is 0. The summed E-state index contributed by atoms with van der Waals surface area (Å²) in [7, 11) is -4.59. The van der Waals surface area contributed by atoms with E-state index in [1.807, 2.05) is 36.4 Å². The second-order valence-electron chi connectivity index (χ2n) is 9.23. The minimum atomic E-state index is -4.59. The predicted octanol–water partition coefficient (Wildman–Crippen LogP) is 9.10. The van der Waals surface area contributed by atoms with E-state index >= 15 is 0 Å². The van der Waals surface area contributed by atoms with Crippen molar-refractivity contribution in [3.63, 3.8) is 0 Å². The number of hydrogen-bond donors (Lipinski definition) is 0. The molecule has 7 nitrogen and oxygen atoms in total. The number of rotatable bonds is 21. The number of para-hydroxylation sites is 3. The summed E-state index contributed by atoms with van der Waals surface area (Å²) >= 11 is 0. The summed E-state index contributed by atoms with van der Waals surface area (Å²) < 4.78 is 50.2. The maximum Gasteiger partial charge on any atom is 0.485 e. The van der Waals surface area contributed by atoms with Crippen molar-refractivity contribution in [1.82, 2.24) is 0 Å². The first kappa shape index (κ1) is 34.1. The lowest BCUT2D eigenvalue weighted by Gasteiger charge is -2.28. The van der Waals surface area contributed by atoms with Gasteiger partial charge in [0.05, 0.1) is 0 Å². The molecule has 0 saturated heterocycles. The molecule has 3 aromatic carbocycles. The van der Waals surface area contributed by atoms with Crippen molar-refractivity contribution in [3.8, 4) is 17.2 Å². The summed E-state index contributed by atoms with van der Waals surface area (Å²) in [6.07, 6.45) is 7.06. The summed E-state index contributed by atoms with van der Waals surface area (Å²) in [5, 5.41) is 0. The Balaban J connectivity index is 1.93. The van der Waals surface area contributed by atoms with Crippen molar-refractivity contribution < 1.29 is 32.3 Å². The molecule has 3 aromatic rings. The first-order valence-corrected chi connectivity index (χ1v) is 15.4. The maximum atomic E-state index is 14.4. The van der Waals surface area contributed by atoms with Gasteiger partial charge in [-0.2, -0.15) is 0 Å². The number of benzene rings is 3. The predicted molar refractivity (Wildman–Crippen MR) is 176 cm³/mol. The van der Waals surface area contributed by atoms with E-state index in [4.69, 9.17) is 27.8 Å². The zero-order valence-electron chi connectivity index (χ0n) is 24.8. The Bertz CT molecular complexity index is 1310. The first-order chi connectivity index (χ1) is 21.4. The van der Waals surface area contributed by atoms with Gasteiger partial charge in [0, 0.05) is 0 Å². The van der Waals surface area contributed by atoms with E-state index in [2.05, 4.69) is 39.5 Å². The quantitative estimate of drug-likeness (QED) is 0.0673. The first-order valence-electron chi connectivity index (χ1n) is 14.0. The number of allylic oxidation sites excluding steroid dienone is 3.